The summed E-state index contributed by atoms with van der Waals surface area (Å²) in [6, 6.07) is 0. The molecule has 19 heavy (non-hydrogen) atoms. The van der Waals surface area contributed by atoms with E-state index in [2.05, 4.69) is 9.26 Å². The molecule has 1 saturated heterocycles. The summed E-state index contributed by atoms with van der Waals surface area (Å²) in [6.07, 6.45) is -5.07. The number of hydrogen-bond donors (Lipinski definition) is 5. The molecular weight excluding hydrogens is 287 g/mol. The number of phosphoric ester groups is 1. The fraction of sp³-hybridized carbons (Fsp3) is 0.875. The molecule has 4 atom stereocenters. The van der Waals surface area contributed by atoms with E-state index in [1.807, 2.05) is 0 Å². The highest BCUT2D eigenvalue weighted by atomic mass is 31.2. The third-order valence-electron chi connectivity index (χ3n) is 2.66. The number of hydrogen-bond acceptors (Lipinski definition) is 7. The monoisotopic (exact) mass is 302 g/mol. The molecule has 112 valence electrons. The number of methoxy groups -OCH3 is 1. The molecule has 5 N–H and O–H groups in total. The number of carboxylic acid groups (broad SMARTS) is 1. The van der Waals surface area contributed by atoms with Crippen molar-refractivity contribution in [1.29, 1.82) is 0 Å². The molecule has 0 aromatic carbocycles. The van der Waals surface area contributed by atoms with E-state index < -0.39 is 50.9 Å². The van der Waals surface area contributed by atoms with Crippen LogP contribution >= 0.6 is 7.82 Å². The zero-order valence-corrected chi connectivity index (χ0v) is 10.8. The van der Waals surface area contributed by atoms with Crippen molar-refractivity contribution < 1.29 is 48.5 Å². The first kappa shape index (κ1) is 16.5. The first-order valence-electron chi connectivity index (χ1n) is 5.14. The fourth-order valence-corrected chi connectivity index (χ4v) is 2.01. The van der Waals surface area contributed by atoms with E-state index in [0.717, 1.165) is 7.11 Å². The third-order valence-corrected chi connectivity index (χ3v) is 3.14. The van der Waals surface area contributed by atoms with Gasteiger partial charge in [0, 0.05) is 13.5 Å². The summed E-state index contributed by atoms with van der Waals surface area (Å²) in [5.41, 5.74) is 0. The van der Waals surface area contributed by atoms with Gasteiger partial charge in [0.2, 0.25) is 0 Å². The molecule has 1 aliphatic heterocycles. The Bertz CT molecular complexity index is 380. The molecule has 1 rings (SSSR count). The predicted molar refractivity (Wildman–Crippen MR) is 56.9 cm³/mol. The minimum absolute atomic E-state index is 0.535. The Balaban J connectivity index is 2.84. The predicted octanol–water partition coefficient (Wildman–Crippen LogP) is -1.97. The largest absolute Gasteiger partial charge is 0.477 e. The van der Waals surface area contributed by atoms with Crippen LogP contribution in [0.5, 0.6) is 0 Å². The summed E-state index contributed by atoms with van der Waals surface area (Å²) >= 11 is 0. The Morgan fingerprint density at radius 3 is 2.47 bits per heavy atom. The Morgan fingerprint density at radius 2 is 2.05 bits per heavy atom. The molecule has 0 radical (unpaired) electrons. The normalized spacial score (nSPS) is 36.2. The van der Waals surface area contributed by atoms with E-state index >= 15 is 0 Å². The van der Waals surface area contributed by atoms with Gasteiger partial charge >= 0.3 is 13.8 Å². The summed E-state index contributed by atoms with van der Waals surface area (Å²) < 4.78 is 24.3. The molecule has 0 saturated carbocycles. The van der Waals surface area contributed by atoms with Crippen LogP contribution in [-0.2, 0) is 23.4 Å². The van der Waals surface area contributed by atoms with Gasteiger partial charge in [0.25, 0.3) is 5.79 Å². The quantitative estimate of drug-likeness (QED) is 0.360. The van der Waals surface area contributed by atoms with Gasteiger partial charge in [-0.15, -0.1) is 0 Å². The number of aliphatic carboxylic acids is 1. The van der Waals surface area contributed by atoms with E-state index in [0.29, 0.717) is 0 Å². The minimum Gasteiger partial charge on any atom is -0.477 e. The molecule has 0 aromatic rings. The second-order valence-corrected chi connectivity index (χ2v) is 5.21. The molecule has 10 nitrogen and oxygen atoms in total. The van der Waals surface area contributed by atoms with Gasteiger partial charge in [0.15, 0.2) is 0 Å². The molecule has 0 unspecified atom stereocenters. The van der Waals surface area contributed by atoms with Crippen molar-refractivity contribution in [3.8, 4) is 0 Å². The fourth-order valence-electron chi connectivity index (χ4n) is 1.67. The van der Waals surface area contributed by atoms with Gasteiger partial charge in [-0.25, -0.2) is 9.36 Å². The van der Waals surface area contributed by atoms with Crippen LogP contribution in [0, 0.1) is 0 Å². The van der Waals surface area contributed by atoms with E-state index in [1.54, 1.807) is 0 Å². The van der Waals surface area contributed by atoms with E-state index in [9.17, 15) is 19.6 Å². The van der Waals surface area contributed by atoms with Crippen LogP contribution in [0.15, 0.2) is 0 Å². The van der Waals surface area contributed by atoms with Crippen LogP contribution in [-0.4, -0.2) is 68.9 Å². The van der Waals surface area contributed by atoms with Crippen LogP contribution in [0.4, 0.5) is 0 Å². The zero-order valence-electron chi connectivity index (χ0n) is 9.87. The maximum Gasteiger partial charge on any atom is 0.469 e. The van der Waals surface area contributed by atoms with Gasteiger partial charge in [0.1, 0.15) is 12.2 Å². The molecule has 1 heterocycles. The summed E-state index contributed by atoms with van der Waals surface area (Å²) in [6.45, 7) is -0.805. The van der Waals surface area contributed by atoms with Gasteiger partial charge in [-0.2, -0.15) is 0 Å². The van der Waals surface area contributed by atoms with Crippen LogP contribution in [0.25, 0.3) is 0 Å². The summed E-state index contributed by atoms with van der Waals surface area (Å²) in [5, 5.41) is 28.2. The third kappa shape index (κ3) is 3.94. The number of aliphatic hydroxyl groups excluding tert-OH is 2. The Kier molecular flexibility index (Phi) is 5.04. The second kappa shape index (κ2) is 5.81. The lowest BCUT2D eigenvalue weighted by Crippen LogP contribution is -2.60. The maximum absolute atomic E-state index is 11.1. The van der Waals surface area contributed by atoms with Gasteiger partial charge in [-0.1, -0.05) is 0 Å². The van der Waals surface area contributed by atoms with Crippen molar-refractivity contribution in [3.05, 3.63) is 0 Å². The molecule has 0 amide bonds. The molecule has 1 fully saturated rings. The van der Waals surface area contributed by atoms with E-state index in [4.69, 9.17) is 19.6 Å². The van der Waals surface area contributed by atoms with Crippen LogP contribution in [0.3, 0.4) is 0 Å². The minimum atomic E-state index is -4.81. The first-order valence-corrected chi connectivity index (χ1v) is 6.67. The number of rotatable bonds is 5. The van der Waals surface area contributed by atoms with Crippen molar-refractivity contribution in [1.82, 2.24) is 0 Å². The molecule has 0 bridgehead atoms. The van der Waals surface area contributed by atoms with Gasteiger partial charge in [-0.3, -0.25) is 4.52 Å². The lowest BCUT2D eigenvalue weighted by Gasteiger charge is -2.41. The molecule has 0 spiro atoms. The number of ether oxygens (including phenoxy) is 2. The summed E-state index contributed by atoms with van der Waals surface area (Å²) in [4.78, 5) is 28.1. The summed E-state index contributed by atoms with van der Waals surface area (Å²) in [5.74, 6) is -3.75. The SMILES string of the molecule is CO[C@]1(C(=O)O)C[C@@H](O)[C@H](O)[C@@H](COP(=O)(O)O)O1. The smallest absolute Gasteiger partial charge is 0.469 e. The first-order chi connectivity index (χ1) is 8.61. The second-order valence-electron chi connectivity index (χ2n) is 3.97. The number of carboxylic acids is 1. The maximum atomic E-state index is 11.1. The topological polar surface area (TPSA) is 163 Å². The number of carbonyl (C=O) groups is 1. The Morgan fingerprint density at radius 1 is 1.47 bits per heavy atom. The number of aliphatic hydroxyl groups is 2. The van der Waals surface area contributed by atoms with Crippen molar-refractivity contribution in [2.75, 3.05) is 13.7 Å². The molecule has 11 heteroatoms. The molecular formula is C8H15O10P. The Labute approximate surface area is 107 Å². The van der Waals surface area contributed by atoms with Gasteiger partial charge in [0.05, 0.1) is 12.7 Å². The standard InChI is InChI=1S/C8H15O10P/c1-16-8(7(11)12)2-4(9)6(10)5(18-8)3-17-19(13,14)15/h4-6,9-10H,2-3H2,1H3,(H,11,12)(H2,13,14,15)/t4-,5-,6+,8-/m1/s1. The van der Waals surface area contributed by atoms with Crippen molar-refractivity contribution in [2.24, 2.45) is 0 Å². The highest BCUT2D eigenvalue weighted by Crippen LogP contribution is 2.38. The van der Waals surface area contributed by atoms with Crippen molar-refractivity contribution in [2.45, 2.75) is 30.5 Å². The molecule has 1 aliphatic rings. The highest BCUT2D eigenvalue weighted by Gasteiger charge is 2.52. The average molecular weight is 302 g/mol. The highest BCUT2D eigenvalue weighted by molar-refractivity contribution is 7.46. The lowest BCUT2D eigenvalue weighted by atomic mass is 9.95. The van der Waals surface area contributed by atoms with Crippen LogP contribution in [0.2, 0.25) is 0 Å². The van der Waals surface area contributed by atoms with Crippen LogP contribution < -0.4 is 0 Å². The van der Waals surface area contributed by atoms with Crippen LogP contribution in [0.1, 0.15) is 6.42 Å². The molecule has 0 aliphatic carbocycles. The van der Waals surface area contributed by atoms with Crippen molar-refractivity contribution >= 4 is 13.8 Å². The van der Waals surface area contributed by atoms with E-state index in [-0.39, 0.29) is 0 Å². The summed E-state index contributed by atoms with van der Waals surface area (Å²) in [7, 11) is -3.79. The van der Waals surface area contributed by atoms with Gasteiger partial charge < -0.3 is 34.6 Å². The lowest BCUT2D eigenvalue weighted by molar-refractivity contribution is -0.306. The average Bonchev–Trinajstić information content (AvgIpc) is 2.29. The molecule has 0 aromatic heterocycles. The zero-order chi connectivity index (χ0) is 14.8. The van der Waals surface area contributed by atoms with E-state index in [1.165, 1.54) is 0 Å². The van der Waals surface area contributed by atoms with Gasteiger partial charge in [-0.05, 0) is 0 Å². The Hall–Kier alpha value is -0.580. The number of phosphoric acid groups is 1. The van der Waals surface area contributed by atoms with Crippen molar-refractivity contribution in [3.63, 3.8) is 0 Å².